The van der Waals surface area contributed by atoms with Crippen LogP contribution in [0.1, 0.15) is 23.6 Å². The molecule has 0 aliphatic rings. The summed E-state index contributed by atoms with van der Waals surface area (Å²) in [5.74, 6) is -0.308. The fourth-order valence-corrected chi connectivity index (χ4v) is 2.14. The van der Waals surface area contributed by atoms with Gasteiger partial charge in [-0.2, -0.15) is 0 Å². The Morgan fingerprint density at radius 3 is 2.58 bits per heavy atom. The van der Waals surface area contributed by atoms with Crippen molar-refractivity contribution in [2.24, 2.45) is 0 Å². The van der Waals surface area contributed by atoms with E-state index in [2.05, 4.69) is 4.98 Å². The molecule has 100 valence electrons. The summed E-state index contributed by atoms with van der Waals surface area (Å²) < 4.78 is 1.16. The van der Waals surface area contributed by atoms with E-state index >= 15 is 0 Å². The molecule has 0 aliphatic heterocycles. The van der Waals surface area contributed by atoms with E-state index in [4.69, 9.17) is 0 Å². The molecule has 2 N–H and O–H groups in total. The van der Waals surface area contributed by atoms with E-state index in [-0.39, 0.29) is 11.4 Å². The monoisotopic (exact) mass is 260 g/mol. The lowest BCUT2D eigenvalue weighted by atomic mass is 10.1. The van der Waals surface area contributed by atoms with Crippen LogP contribution in [0, 0.1) is 13.8 Å². The van der Waals surface area contributed by atoms with Gasteiger partial charge in [-0.3, -0.25) is 9.78 Å². The van der Waals surface area contributed by atoms with E-state index in [0.29, 0.717) is 5.69 Å². The molecule has 1 aromatic heterocycles. The van der Waals surface area contributed by atoms with Gasteiger partial charge in [-0.1, -0.05) is 25.1 Å². The van der Waals surface area contributed by atoms with Gasteiger partial charge in [0.05, 0.1) is 11.3 Å². The normalized spacial score (nSPS) is 10.7. The zero-order chi connectivity index (χ0) is 14.2. The van der Waals surface area contributed by atoms with Crippen LogP contribution in [-0.4, -0.2) is 14.7 Å². The van der Waals surface area contributed by atoms with E-state index in [0.717, 1.165) is 22.1 Å². The predicted molar refractivity (Wildman–Crippen MR) is 73.2 cm³/mol. The van der Waals surface area contributed by atoms with Gasteiger partial charge < -0.3 is 5.11 Å². The van der Waals surface area contributed by atoms with Crippen molar-refractivity contribution < 1.29 is 5.11 Å². The Morgan fingerprint density at radius 2 is 1.95 bits per heavy atom. The van der Waals surface area contributed by atoms with Crippen molar-refractivity contribution in [3.63, 3.8) is 0 Å². The number of aromatic hydroxyl groups is 1. The summed E-state index contributed by atoms with van der Waals surface area (Å²) in [6, 6.07) is 5.66. The smallest absolute Gasteiger partial charge is 0.335 e. The number of hydrogen-bond donors (Lipinski definition) is 2. The molecule has 0 spiro atoms. The van der Waals surface area contributed by atoms with Gasteiger partial charge in [0, 0.05) is 0 Å². The SMILES string of the molecule is CCc1cccc(C)c1-n1c(O)c(C)c(=O)[nH]c1=O. The minimum atomic E-state index is -0.628. The minimum Gasteiger partial charge on any atom is -0.494 e. The quantitative estimate of drug-likeness (QED) is 0.857. The maximum atomic E-state index is 12.0. The predicted octanol–water partition coefficient (Wildman–Crippen LogP) is 1.41. The maximum Gasteiger partial charge on any atom is 0.335 e. The van der Waals surface area contributed by atoms with Crippen molar-refractivity contribution >= 4 is 0 Å². The van der Waals surface area contributed by atoms with E-state index in [1.807, 2.05) is 32.0 Å². The second-order valence-electron chi connectivity index (χ2n) is 4.48. The van der Waals surface area contributed by atoms with Crippen molar-refractivity contribution in [2.75, 3.05) is 0 Å². The first-order valence-electron chi connectivity index (χ1n) is 6.11. The highest BCUT2D eigenvalue weighted by Gasteiger charge is 2.15. The van der Waals surface area contributed by atoms with Gasteiger partial charge in [-0.15, -0.1) is 0 Å². The molecule has 2 rings (SSSR count). The minimum absolute atomic E-state index is 0.130. The second kappa shape index (κ2) is 4.76. The zero-order valence-electron chi connectivity index (χ0n) is 11.2. The lowest BCUT2D eigenvalue weighted by molar-refractivity contribution is 0.425. The molecule has 2 aromatic rings. The first-order valence-corrected chi connectivity index (χ1v) is 6.11. The van der Waals surface area contributed by atoms with Crippen LogP contribution in [0.3, 0.4) is 0 Å². The van der Waals surface area contributed by atoms with E-state index < -0.39 is 11.2 Å². The third-order valence-electron chi connectivity index (χ3n) is 3.24. The number of nitrogens with zero attached hydrogens (tertiary/aromatic N) is 1. The Labute approximate surface area is 110 Å². The number of para-hydroxylation sites is 1. The van der Waals surface area contributed by atoms with Gasteiger partial charge in [0.25, 0.3) is 5.56 Å². The molecular weight excluding hydrogens is 244 g/mol. The highest BCUT2D eigenvalue weighted by Crippen LogP contribution is 2.23. The molecule has 0 amide bonds. The maximum absolute atomic E-state index is 12.0. The number of H-pyrrole nitrogens is 1. The summed E-state index contributed by atoms with van der Waals surface area (Å²) in [6.45, 7) is 5.31. The van der Waals surface area contributed by atoms with Crippen LogP contribution in [0.5, 0.6) is 5.88 Å². The molecule has 0 aliphatic carbocycles. The van der Waals surface area contributed by atoms with Crippen LogP contribution in [0.25, 0.3) is 5.69 Å². The van der Waals surface area contributed by atoms with Crippen molar-refractivity contribution in [2.45, 2.75) is 27.2 Å². The van der Waals surface area contributed by atoms with Crippen molar-refractivity contribution in [1.29, 1.82) is 0 Å². The molecule has 0 atom stereocenters. The third-order valence-corrected chi connectivity index (χ3v) is 3.24. The van der Waals surface area contributed by atoms with Crippen molar-refractivity contribution in [1.82, 2.24) is 9.55 Å². The van der Waals surface area contributed by atoms with Crippen LogP contribution in [0.2, 0.25) is 0 Å². The third kappa shape index (κ3) is 2.07. The summed E-state index contributed by atoms with van der Waals surface area (Å²) in [5.41, 5.74) is 1.37. The Bertz CT molecular complexity index is 741. The Balaban J connectivity index is 2.92. The Morgan fingerprint density at radius 1 is 1.26 bits per heavy atom. The molecule has 0 saturated heterocycles. The van der Waals surface area contributed by atoms with Crippen LogP contribution in [0.15, 0.2) is 27.8 Å². The topological polar surface area (TPSA) is 75.1 Å². The molecule has 0 radical (unpaired) electrons. The molecular formula is C14H16N2O3. The summed E-state index contributed by atoms with van der Waals surface area (Å²) in [4.78, 5) is 25.7. The van der Waals surface area contributed by atoms with Crippen LogP contribution < -0.4 is 11.2 Å². The van der Waals surface area contributed by atoms with Gasteiger partial charge in [0.1, 0.15) is 0 Å². The van der Waals surface area contributed by atoms with Gasteiger partial charge in [-0.05, 0) is 31.4 Å². The van der Waals surface area contributed by atoms with Crippen molar-refractivity contribution in [3.8, 4) is 11.6 Å². The molecule has 0 fully saturated rings. The summed E-state index contributed by atoms with van der Waals surface area (Å²) in [5, 5.41) is 10.1. The average molecular weight is 260 g/mol. The van der Waals surface area contributed by atoms with E-state index in [9.17, 15) is 14.7 Å². The summed E-state index contributed by atoms with van der Waals surface area (Å²) >= 11 is 0. The standard InChI is InChI=1S/C14H16N2O3/c1-4-10-7-5-6-8(2)11(10)16-13(18)9(3)12(17)15-14(16)19/h5-7,18H,4H2,1-3H3,(H,15,17,19). The van der Waals surface area contributed by atoms with Gasteiger partial charge in [0.15, 0.2) is 0 Å². The first kappa shape index (κ1) is 13.1. The molecule has 1 heterocycles. The number of rotatable bonds is 2. The van der Waals surface area contributed by atoms with Gasteiger partial charge >= 0.3 is 5.69 Å². The number of aryl methyl sites for hydroxylation is 2. The molecule has 0 bridgehead atoms. The zero-order valence-corrected chi connectivity index (χ0v) is 11.2. The number of nitrogens with one attached hydrogen (secondary N) is 1. The lowest BCUT2D eigenvalue weighted by Crippen LogP contribution is -2.31. The average Bonchev–Trinajstić information content (AvgIpc) is 2.38. The molecule has 5 heteroatoms. The highest BCUT2D eigenvalue weighted by atomic mass is 16.3. The highest BCUT2D eigenvalue weighted by molar-refractivity contribution is 5.50. The summed E-state index contributed by atoms with van der Waals surface area (Å²) in [7, 11) is 0. The van der Waals surface area contributed by atoms with Crippen molar-refractivity contribution in [3.05, 3.63) is 55.7 Å². The van der Waals surface area contributed by atoms with Crippen LogP contribution in [0.4, 0.5) is 0 Å². The Kier molecular flexibility index (Phi) is 3.29. The van der Waals surface area contributed by atoms with Gasteiger partial charge in [-0.25, -0.2) is 9.36 Å². The second-order valence-corrected chi connectivity index (χ2v) is 4.48. The number of benzene rings is 1. The first-order chi connectivity index (χ1) is 8.97. The summed E-state index contributed by atoms with van der Waals surface area (Å²) in [6.07, 6.45) is 0.723. The fourth-order valence-electron chi connectivity index (χ4n) is 2.14. The number of hydrogen-bond acceptors (Lipinski definition) is 3. The van der Waals surface area contributed by atoms with E-state index in [1.54, 1.807) is 0 Å². The molecule has 0 unspecified atom stereocenters. The number of aromatic nitrogens is 2. The number of aromatic amines is 1. The molecule has 1 aromatic carbocycles. The molecule has 19 heavy (non-hydrogen) atoms. The largest absolute Gasteiger partial charge is 0.494 e. The molecule has 5 nitrogen and oxygen atoms in total. The molecule has 0 saturated carbocycles. The Hall–Kier alpha value is -2.30. The van der Waals surface area contributed by atoms with Gasteiger partial charge in [0.2, 0.25) is 5.88 Å². The van der Waals surface area contributed by atoms with Crippen LogP contribution in [-0.2, 0) is 6.42 Å². The fraction of sp³-hybridized carbons (Fsp3) is 0.286. The van der Waals surface area contributed by atoms with Crippen LogP contribution >= 0.6 is 0 Å². The van der Waals surface area contributed by atoms with E-state index in [1.165, 1.54) is 6.92 Å². The lowest BCUT2D eigenvalue weighted by Gasteiger charge is -2.15.